The highest BCUT2D eigenvalue weighted by Gasteiger charge is 2.14. The maximum atomic E-state index is 11.9. The van der Waals surface area contributed by atoms with Crippen molar-refractivity contribution in [1.29, 1.82) is 0 Å². The average Bonchev–Trinajstić information content (AvgIpc) is 2.98. The number of rotatable bonds is 6. The molecule has 1 atom stereocenters. The summed E-state index contributed by atoms with van der Waals surface area (Å²) >= 11 is 0. The zero-order valence-electron chi connectivity index (χ0n) is 11.4. The second-order valence-electron chi connectivity index (χ2n) is 4.76. The lowest BCUT2D eigenvalue weighted by Crippen LogP contribution is -2.38. The molecule has 0 aliphatic carbocycles. The third-order valence-electron chi connectivity index (χ3n) is 3.36. The van der Waals surface area contributed by atoms with Gasteiger partial charge in [0.15, 0.2) is 0 Å². The van der Waals surface area contributed by atoms with Gasteiger partial charge in [-0.2, -0.15) is 5.10 Å². The molecule has 0 aromatic carbocycles. The monoisotopic (exact) mass is 266 g/mol. The van der Waals surface area contributed by atoms with Crippen LogP contribution in [-0.4, -0.2) is 60.0 Å². The predicted molar refractivity (Wildman–Crippen MR) is 71.8 cm³/mol. The van der Waals surface area contributed by atoms with Gasteiger partial charge in [0.1, 0.15) is 6.04 Å². The molecule has 2 rings (SSSR count). The third-order valence-corrected chi connectivity index (χ3v) is 3.36. The lowest BCUT2D eigenvalue weighted by atomic mass is 10.3. The second-order valence-corrected chi connectivity index (χ2v) is 4.76. The van der Waals surface area contributed by atoms with Gasteiger partial charge in [0.2, 0.25) is 5.91 Å². The van der Waals surface area contributed by atoms with Crippen LogP contribution in [0.25, 0.3) is 0 Å². The van der Waals surface area contributed by atoms with Crippen LogP contribution in [0.3, 0.4) is 0 Å². The van der Waals surface area contributed by atoms with Crippen LogP contribution >= 0.6 is 0 Å². The molecular weight excluding hydrogens is 244 g/mol. The van der Waals surface area contributed by atoms with Gasteiger partial charge in [0.25, 0.3) is 0 Å². The van der Waals surface area contributed by atoms with E-state index in [1.807, 2.05) is 13.0 Å². The maximum Gasteiger partial charge on any atom is 0.244 e. The van der Waals surface area contributed by atoms with E-state index in [9.17, 15) is 4.79 Å². The van der Waals surface area contributed by atoms with Gasteiger partial charge in [-0.25, -0.2) is 0 Å². The molecule has 0 spiro atoms. The standard InChI is InChI=1S/C13H22N4O2/c1-12(17-7-3-5-15-17)13(18)14-4-2-6-16-8-10-19-11-9-16/h3,5,7,12H,2,4,6,8-11H2,1H3,(H,14,18)/t12-/m0/s1. The first-order valence-electron chi connectivity index (χ1n) is 6.84. The summed E-state index contributed by atoms with van der Waals surface area (Å²) in [4.78, 5) is 14.3. The minimum atomic E-state index is -0.251. The number of amides is 1. The molecule has 0 radical (unpaired) electrons. The largest absolute Gasteiger partial charge is 0.379 e. The normalized spacial score (nSPS) is 18.2. The summed E-state index contributed by atoms with van der Waals surface area (Å²) in [6.45, 7) is 7.21. The van der Waals surface area contributed by atoms with Crippen molar-refractivity contribution in [3.05, 3.63) is 18.5 Å². The molecular formula is C13H22N4O2. The minimum Gasteiger partial charge on any atom is -0.379 e. The lowest BCUT2D eigenvalue weighted by Gasteiger charge is -2.26. The third kappa shape index (κ3) is 4.33. The van der Waals surface area contributed by atoms with Gasteiger partial charge in [0.05, 0.1) is 13.2 Å². The van der Waals surface area contributed by atoms with Crippen molar-refractivity contribution in [2.45, 2.75) is 19.4 Å². The smallest absolute Gasteiger partial charge is 0.244 e. The molecule has 106 valence electrons. The van der Waals surface area contributed by atoms with E-state index in [0.717, 1.165) is 39.3 Å². The van der Waals surface area contributed by atoms with Crippen LogP contribution in [0.4, 0.5) is 0 Å². The number of ether oxygens (including phenoxy) is 1. The van der Waals surface area contributed by atoms with E-state index < -0.39 is 0 Å². The van der Waals surface area contributed by atoms with E-state index in [0.29, 0.717) is 6.54 Å². The Kier molecular flexibility index (Phi) is 5.35. The van der Waals surface area contributed by atoms with E-state index in [-0.39, 0.29) is 11.9 Å². The number of nitrogens with zero attached hydrogens (tertiary/aromatic N) is 3. The van der Waals surface area contributed by atoms with Crippen LogP contribution in [-0.2, 0) is 9.53 Å². The second kappa shape index (κ2) is 7.25. The van der Waals surface area contributed by atoms with Gasteiger partial charge in [-0.05, 0) is 26.0 Å². The van der Waals surface area contributed by atoms with Gasteiger partial charge in [-0.3, -0.25) is 14.4 Å². The SMILES string of the molecule is C[C@@H](C(=O)NCCCN1CCOCC1)n1cccn1. The molecule has 1 amide bonds. The Hall–Kier alpha value is -1.40. The van der Waals surface area contributed by atoms with Gasteiger partial charge in [-0.1, -0.05) is 0 Å². The van der Waals surface area contributed by atoms with Crippen LogP contribution in [0.2, 0.25) is 0 Å². The Morgan fingerprint density at radius 2 is 2.26 bits per heavy atom. The number of aromatic nitrogens is 2. The van der Waals surface area contributed by atoms with Gasteiger partial charge in [0, 0.05) is 32.0 Å². The number of nitrogens with one attached hydrogen (secondary N) is 1. The highest BCUT2D eigenvalue weighted by atomic mass is 16.5. The summed E-state index contributed by atoms with van der Waals surface area (Å²) in [5.41, 5.74) is 0. The summed E-state index contributed by atoms with van der Waals surface area (Å²) in [5, 5.41) is 7.03. The van der Waals surface area contributed by atoms with Crippen LogP contribution in [0.15, 0.2) is 18.5 Å². The van der Waals surface area contributed by atoms with Crippen LogP contribution in [0, 0.1) is 0 Å². The van der Waals surface area contributed by atoms with Crippen molar-refractivity contribution in [1.82, 2.24) is 20.0 Å². The fourth-order valence-corrected chi connectivity index (χ4v) is 2.12. The Balaban J connectivity index is 1.61. The Morgan fingerprint density at radius 3 is 2.95 bits per heavy atom. The zero-order valence-corrected chi connectivity index (χ0v) is 11.4. The van der Waals surface area contributed by atoms with E-state index in [1.165, 1.54) is 0 Å². The fraction of sp³-hybridized carbons (Fsp3) is 0.692. The first-order valence-corrected chi connectivity index (χ1v) is 6.84. The molecule has 1 aliphatic heterocycles. The van der Waals surface area contributed by atoms with Gasteiger partial charge < -0.3 is 10.1 Å². The molecule has 0 unspecified atom stereocenters. The summed E-state index contributed by atoms with van der Waals surface area (Å²) < 4.78 is 6.96. The Labute approximate surface area is 113 Å². The van der Waals surface area contributed by atoms with Crippen molar-refractivity contribution in [3.63, 3.8) is 0 Å². The number of morpholine rings is 1. The molecule has 6 nitrogen and oxygen atoms in total. The van der Waals surface area contributed by atoms with Crippen molar-refractivity contribution in [2.24, 2.45) is 0 Å². The van der Waals surface area contributed by atoms with Crippen molar-refractivity contribution in [3.8, 4) is 0 Å². The maximum absolute atomic E-state index is 11.9. The summed E-state index contributed by atoms with van der Waals surface area (Å²) in [6.07, 6.45) is 4.46. The first kappa shape index (κ1) is 14.0. The number of carbonyl (C=O) groups is 1. The molecule has 1 aliphatic rings. The van der Waals surface area contributed by atoms with Crippen LogP contribution < -0.4 is 5.32 Å². The molecule has 1 aromatic rings. The van der Waals surface area contributed by atoms with Gasteiger partial charge in [-0.15, -0.1) is 0 Å². The number of hydrogen-bond acceptors (Lipinski definition) is 4. The molecule has 1 fully saturated rings. The van der Waals surface area contributed by atoms with Crippen molar-refractivity contribution in [2.75, 3.05) is 39.4 Å². The first-order chi connectivity index (χ1) is 9.27. The quantitative estimate of drug-likeness (QED) is 0.752. The number of hydrogen-bond donors (Lipinski definition) is 1. The molecule has 0 bridgehead atoms. The van der Waals surface area contributed by atoms with E-state index in [2.05, 4.69) is 15.3 Å². The van der Waals surface area contributed by atoms with Crippen LogP contribution in [0.5, 0.6) is 0 Å². The summed E-state index contributed by atoms with van der Waals surface area (Å²) in [6, 6.07) is 1.57. The molecule has 6 heteroatoms. The molecule has 1 N–H and O–H groups in total. The Bertz CT molecular complexity index is 374. The fourth-order valence-electron chi connectivity index (χ4n) is 2.12. The predicted octanol–water partition coefficient (Wildman–Crippen LogP) is 0.283. The molecule has 2 heterocycles. The zero-order chi connectivity index (χ0) is 13.5. The molecule has 19 heavy (non-hydrogen) atoms. The molecule has 1 aromatic heterocycles. The summed E-state index contributed by atoms with van der Waals surface area (Å²) in [5.74, 6) is 0.0191. The van der Waals surface area contributed by atoms with Crippen molar-refractivity contribution >= 4 is 5.91 Å². The van der Waals surface area contributed by atoms with E-state index in [4.69, 9.17) is 4.74 Å². The molecule has 0 saturated carbocycles. The number of carbonyl (C=O) groups excluding carboxylic acids is 1. The van der Waals surface area contributed by atoms with E-state index >= 15 is 0 Å². The summed E-state index contributed by atoms with van der Waals surface area (Å²) in [7, 11) is 0. The average molecular weight is 266 g/mol. The topological polar surface area (TPSA) is 59.4 Å². The molecule has 1 saturated heterocycles. The lowest BCUT2D eigenvalue weighted by molar-refractivity contribution is -0.124. The highest BCUT2D eigenvalue weighted by Crippen LogP contribution is 2.03. The van der Waals surface area contributed by atoms with Crippen LogP contribution in [0.1, 0.15) is 19.4 Å². The minimum absolute atomic E-state index is 0.0191. The van der Waals surface area contributed by atoms with E-state index in [1.54, 1.807) is 17.1 Å². The Morgan fingerprint density at radius 1 is 1.47 bits per heavy atom. The van der Waals surface area contributed by atoms with Gasteiger partial charge >= 0.3 is 0 Å². The van der Waals surface area contributed by atoms with Crippen molar-refractivity contribution < 1.29 is 9.53 Å². The highest BCUT2D eigenvalue weighted by molar-refractivity contribution is 5.79.